The molecular formula is C57H85N3O14. The summed E-state index contributed by atoms with van der Waals surface area (Å²) >= 11 is 0. The second-order valence-corrected chi connectivity index (χ2v) is 21.4. The van der Waals surface area contributed by atoms with Crippen LogP contribution in [0.3, 0.4) is 0 Å². The largest absolute Gasteiger partial charge is 0.460 e. The molecule has 1 aromatic rings. The second-order valence-electron chi connectivity index (χ2n) is 21.4. The smallest absolute Gasteiger partial charge is 0.329 e. The van der Waals surface area contributed by atoms with E-state index in [1.807, 2.05) is 58.1 Å². The molecule has 0 unspecified atom stereocenters. The van der Waals surface area contributed by atoms with Gasteiger partial charge in [-0.05, 0) is 107 Å². The van der Waals surface area contributed by atoms with Gasteiger partial charge in [-0.15, -0.1) is 0 Å². The molecule has 1 saturated carbocycles. The van der Waals surface area contributed by atoms with E-state index in [2.05, 4.69) is 9.97 Å². The summed E-state index contributed by atoms with van der Waals surface area (Å²) in [7, 11) is 3.00. The van der Waals surface area contributed by atoms with Crippen molar-refractivity contribution in [3.05, 3.63) is 71.9 Å². The van der Waals surface area contributed by atoms with E-state index in [0.29, 0.717) is 62.6 Å². The summed E-state index contributed by atoms with van der Waals surface area (Å²) in [5, 5.41) is 33.1. The Hall–Kier alpha value is -4.33. The number of methoxy groups -OCH3 is 2. The fraction of sp³-hybridized carbons (Fsp3) is 0.702. The maximum Gasteiger partial charge on any atom is 0.329 e. The van der Waals surface area contributed by atoms with Crippen LogP contribution in [0.1, 0.15) is 131 Å². The van der Waals surface area contributed by atoms with Crippen molar-refractivity contribution >= 4 is 29.2 Å². The van der Waals surface area contributed by atoms with Crippen LogP contribution in [-0.2, 0) is 59.0 Å². The SMILES string of the molecule is CO[C@@H]1C[C@H](C[C@@H](C)[C@@H]2CC(=O)[C@H](C)C=C(C)[C@@H](O)[C@@H](OC)C(=O)[C@H](C)C[C@H](C)C=CC=CC=C(C)[C@@H](OCc3cnccn3)C[C@@H]3CC[C@@H](C)[C@@](O)(O3)C(=O)C(=O)N3CCCC[C@H]3C(=O)O2)CC[C@H]1OCCO. The van der Waals surface area contributed by atoms with Gasteiger partial charge in [-0.25, -0.2) is 4.79 Å². The van der Waals surface area contributed by atoms with Crippen LogP contribution >= 0.6 is 0 Å². The van der Waals surface area contributed by atoms with Crippen LogP contribution in [0.15, 0.2) is 66.2 Å². The summed E-state index contributed by atoms with van der Waals surface area (Å²) in [5.74, 6) is -8.24. The first kappa shape index (κ1) is 60.5. The minimum atomic E-state index is -2.49. The Morgan fingerprint density at radius 1 is 0.878 bits per heavy atom. The Morgan fingerprint density at radius 3 is 2.35 bits per heavy atom. The molecule has 0 aromatic carbocycles. The van der Waals surface area contributed by atoms with Gasteiger partial charge in [0.1, 0.15) is 30.1 Å². The summed E-state index contributed by atoms with van der Waals surface area (Å²) in [6.07, 6.45) is 16.1. The molecule has 2 saturated heterocycles. The minimum Gasteiger partial charge on any atom is -0.460 e. The molecule has 15 atom stereocenters. The third-order valence-corrected chi connectivity index (χ3v) is 15.6. The summed E-state index contributed by atoms with van der Waals surface area (Å²) in [6, 6.07) is -1.17. The van der Waals surface area contributed by atoms with E-state index in [9.17, 15) is 39.3 Å². The molecule has 17 nitrogen and oxygen atoms in total. The van der Waals surface area contributed by atoms with Crippen molar-refractivity contribution in [2.75, 3.05) is 34.0 Å². The van der Waals surface area contributed by atoms with Crippen molar-refractivity contribution in [3.8, 4) is 0 Å². The number of hydrogen-bond acceptors (Lipinski definition) is 16. The highest BCUT2D eigenvalue weighted by Crippen LogP contribution is 2.38. The van der Waals surface area contributed by atoms with Gasteiger partial charge in [0.25, 0.3) is 11.7 Å². The number of ether oxygens (including phenoxy) is 6. The number of aliphatic hydroxyl groups excluding tert-OH is 2. The number of cyclic esters (lactones) is 1. The molecule has 0 spiro atoms. The molecule has 74 heavy (non-hydrogen) atoms. The zero-order chi connectivity index (χ0) is 54.1. The number of amides is 1. The minimum absolute atomic E-state index is 0.0154. The van der Waals surface area contributed by atoms with Crippen molar-refractivity contribution in [3.63, 3.8) is 0 Å². The second kappa shape index (κ2) is 29.3. The summed E-state index contributed by atoms with van der Waals surface area (Å²) in [6.45, 7) is 12.9. The molecule has 4 aliphatic rings. The normalized spacial score (nSPS) is 34.6. The van der Waals surface area contributed by atoms with Crippen molar-refractivity contribution in [1.29, 1.82) is 0 Å². The molecule has 3 N–H and O–H groups in total. The average molecular weight is 1040 g/mol. The first-order valence-corrected chi connectivity index (χ1v) is 26.9. The maximum absolute atomic E-state index is 14.6. The van der Waals surface area contributed by atoms with Crippen LogP contribution in [0, 0.1) is 35.5 Å². The van der Waals surface area contributed by atoms with E-state index in [4.69, 9.17) is 28.4 Å². The lowest BCUT2D eigenvalue weighted by Crippen LogP contribution is -2.61. The molecule has 3 fully saturated rings. The van der Waals surface area contributed by atoms with Crippen molar-refractivity contribution in [2.24, 2.45) is 35.5 Å². The van der Waals surface area contributed by atoms with Crippen LogP contribution in [0.25, 0.3) is 0 Å². The highest BCUT2D eigenvalue weighted by atomic mass is 16.6. The summed E-state index contributed by atoms with van der Waals surface area (Å²) < 4.78 is 36.3. The number of fused-ring (bicyclic) bond motifs is 3. The van der Waals surface area contributed by atoms with Crippen molar-refractivity contribution < 1.29 is 67.7 Å². The Morgan fingerprint density at radius 2 is 1.65 bits per heavy atom. The monoisotopic (exact) mass is 1040 g/mol. The molecule has 5 rings (SSSR count). The van der Waals surface area contributed by atoms with Crippen LogP contribution in [0.5, 0.6) is 0 Å². The molecule has 3 aliphatic heterocycles. The lowest BCUT2D eigenvalue weighted by Gasteiger charge is -2.43. The number of aliphatic hydroxyl groups is 3. The summed E-state index contributed by atoms with van der Waals surface area (Å²) in [5.41, 5.74) is 1.81. The first-order chi connectivity index (χ1) is 35.3. The Bertz CT molecular complexity index is 2130. The van der Waals surface area contributed by atoms with Gasteiger partial charge in [-0.3, -0.25) is 29.1 Å². The number of hydrogen-bond donors (Lipinski definition) is 3. The van der Waals surface area contributed by atoms with Crippen LogP contribution in [0.4, 0.5) is 0 Å². The maximum atomic E-state index is 14.6. The Kier molecular flexibility index (Phi) is 23.9. The molecule has 4 heterocycles. The van der Waals surface area contributed by atoms with Gasteiger partial charge in [0.2, 0.25) is 5.79 Å². The number of esters is 1. The predicted octanol–water partition coefficient (Wildman–Crippen LogP) is 6.56. The van der Waals surface area contributed by atoms with Gasteiger partial charge in [0, 0.05) is 63.8 Å². The predicted molar refractivity (Wildman–Crippen MR) is 276 cm³/mol. The number of piperidine rings is 1. The summed E-state index contributed by atoms with van der Waals surface area (Å²) in [4.78, 5) is 81.3. The number of carbonyl (C=O) groups excluding carboxylic acids is 5. The number of nitrogens with zero attached hydrogens (tertiary/aromatic N) is 3. The topological polar surface area (TPSA) is 230 Å². The standard InChI is InChI=1S/C57H85N3O14/c1-35-15-11-10-12-16-36(2)48(72-34-43-33-58-22-23-59-43)31-44-20-18-41(7)57(68,74-44)54(65)55(66)60-24-14-13-17-45(60)56(67)73-49(38(4)29-42-19-21-47(71-26-25-61)50(30-42)69-8)32-46(62)37(3)28-40(6)52(64)53(70-9)51(63)39(5)27-35/h10-12,15-16,22-23,28,33,35,37-39,41-42,44-45,47-50,52-53,61,64,68H,13-14,17-21,24-27,29-32,34H2,1-9H3/t35-,37-,38-,39-,41-,42+,44+,45+,47-,48+,49+,50-,52-,53+,57-/m1/s1. The molecule has 2 bridgehead atoms. The van der Waals surface area contributed by atoms with Gasteiger partial charge in [0.05, 0.1) is 56.1 Å². The van der Waals surface area contributed by atoms with Crippen molar-refractivity contribution in [1.82, 2.24) is 14.9 Å². The molecule has 1 aromatic heterocycles. The van der Waals surface area contributed by atoms with E-state index in [1.165, 1.54) is 12.0 Å². The van der Waals surface area contributed by atoms with Crippen LogP contribution in [0.2, 0.25) is 0 Å². The lowest BCUT2D eigenvalue weighted by atomic mass is 9.78. The number of ketones is 3. The third kappa shape index (κ3) is 16.6. The number of rotatable bonds is 11. The van der Waals surface area contributed by atoms with Gasteiger partial charge < -0.3 is 48.6 Å². The molecule has 412 valence electrons. The Balaban J connectivity index is 1.48. The van der Waals surface area contributed by atoms with Crippen LogP contribution < -0.4 is 0 Å². The van der Waals surface area contributed by atoms with E-state index in [1.54, 1.807) is 52.5 Å². The highest BCUT2D eigenvalue weighted by molar-refractivity contribution is 6.39. The van der Waals surface area contributed by atoms with Gasteiger partial charge >= 0.3 is 5.97 Å². The quantitative estimate of drug-likeness (QED) is 0.121. The molecule has 0 radical (unpaired) electrons. The fourth-order valence-electron chi connectivity index (χ4n) is 11.0. The zero-order valence-electron chi connectivity index (χ0n) is 45.3. The number of allylic oxidation sites excluding steroid dienone is 6. The Labute approximate surface area is 438 Å². The number of carbonyl (C=O) groups is 5. The first-order valence-electron chi connectivity index (χ1n) is 26.9. The van der Waals surface area contributed by atoms with E-state index < -0.39 is 77.8 Å². The molecule has 17 heteroatoms. The number of aromatic nitrogens is 2. The lowest BCUT2D eigenvalue weighted by molar-refractivity contribution is -0.266. The van der Waals surface area contributed by atoms with Gasteiger partial charge in [-0.1, -0.05) is 71.1 Å². The number of Topliss-reactive ketones (excluding diaryl/α,β-unsaturated/α-hetero) is 3. The van der Waals surface area contributed by atoms with Gasteiger partial charge in [0.15, 0.2) is 5.78 Å². The molecule has 1 amide bonds. The average Bonchev–Trinajstić information content (AvgIpc) is 3.39. The van der Waals surface area contributed by atoms with E-state index in [-0.39, 0.29) is 87.2 Å². The fourth-order valence-corrected chi connectivity index (χ4v) is 11.0. The van der Waals surface area contributed by atoms with E-state index in [0.717, 1.165) is 12.0 Å². The van der Waals surface area contributed by atoms with E-state index >= 15 is 0 Å². The van der Waals surface area contributed by atoms with Crippen molar-refractivity contribution in [2.45, 2.75) is 187 Å². The van der Waals surface area contributed by atoms with Gasteiger partial charge in [-0.2, -0.15) is 0 Å². The third-order valence-electron chi connectivity index (χ3n) is 15.6. The zero-order valence-corrected chi connectivity index (χ0v) is 45.3. The highest BCUT2D eigenvalue weighted by Gasteiger charge is 2.53. The molecule has 1 aliphatic carbocycles. The molecular weight excluding hydrogens is 951 g/mol. The van der Waals surface area contributed by atoms with Crippen LogP contribution in [-0.4, -0.2) is 148 Å².